The van der Waals surface area contributed by atoms with E-state index in [-0.39, 0.29) is 24.0 Å². The summed E-state index contributed by atoms with van der Waals surface area (Å²) in [5.41, 5.74) is 3.01. The topological polar surface area (TPSA) is 80.9 Å². The molecule has 0 aliphatic carbocycles. The lowest BCUT2D eigenvalue weighted by molar-refractivity contribution is 0.171. The van der Waals surface area contributed by atoms with E-state index in [0.717, 1.165) is 29.0 Å². The van der Waals surface area contributed by atoms with Crippen molar-refractivity contribution >= 4 is 41.5 Å². The van der Waals surface area contributed by atoms with Crippen LogP contribution in [0.5, 0.6) is 11.5 Å². The number of nitrogens with zero attached hydrogens (tertiary/aromatic N) is 2. The van der Waals surface area contributed by atoms with Crippen LogP contribution in [0.3, 0.4) is 0 Å². The van der Waals surface area contributed by atoms with E-state index in [9.17, 15) is 0 Å². The third kappa shape index (κ3) is 5.41. The van der Waals surface area contributed by atoms with Gasteiger partial charge in [-0.15, -0.1) is 24.0 Å². The molecular formula is C18H24ClIN4O3. The second kappa shape index (κ2) is 10.0. The Morgan fingerprint density at radius 2 is 2.00 bits per heavy atom. The van der Waals surface area contributed by atoms with Gasteiger partial charge in [-0.2, -0.15) is 0 Å². The molecule has 0 bridgehead atoms. The molecule has 0 amide bonds. The maximum Gasteiger partial charge on any atom is 0.191 e. The van der Waals surface area contributed by atoms with Gasteiger partial charge in [0.1, 0.15) is 19.0 Å². The number of hydrogen-bond donors (Lipinski definition) is 2. The fourth-order valence-corrected chi connectivity index (χ4v) is 3.07. The van der Waals surface area contributed by atoms with Crippen LogP contribution in [-0.4, -0.2) is 37.9 Å². The molecule has 1 aromatic carbocycles. The Labute approximate surface area is 180 Å². The highest BCUT2D eigenvalue weighted by Crippen LogP contribution is 2.38. The molecule has 2 N–H and O–H groups in total. The summed E-state index contributed by atoms with van der Waals surface area (Å²) in [4.78, 5) is 4.24. The van der Waals surface area contributed by atoms with Crippen LogP contribution in [0.15, 0.2) is 21.6 Å². The van der Waals surface area contributed by atoms with Crippen LogP contribution in [-0.2, 0) is 13.0 Å². The van der Waals surface area contributed by atoms with E-state index in [1.54, 1.807) is 7.05 Å². The summed E-state index contributed by atoms with van der Waals surface area (Å²) in [5, 5.41) is 11.1. The smallest absolute Gasteiger partial charge is 0.191 e. The van der Waals surface area contributed by atoms with E-state index in [4.69, 9.17) is 25.6 Å². The van der Waals surface area contributed by atoms with E-state index < -0.39 is 0 Å². The highest BCUT2D eigenvalue weighted by Gasteiger charge is 2.16. The Morgan fingerprint density at radius 1 is 1.22 bits per heavy atom. The van der Waals surface area contributed by atoms with Gasteiger partial charge >= 0.3 is 0 Å². The largest absolute Gasteiger partial charge is 0.486 e. The predicted molar refractivity (Wildman–Crippen MR) is 116 cm³/mol. The Hall–Kier alpha value is -1.68. The zero-order valence-electron chi connectivity index (χ0n) is 15.6. The Kier molecular flexibility index (Phi) is 8.03. The number of aliphatic imine (C=N–C) groups is 1. The number of hydrogen-bond acceptors (Lipinski definition) is 5. The zero-order chi connectivity index (χ0) is 18.5. The van der Waals surface area contributed by atoms with E-state index in [1.807, 2.05) is 26.0 Å². The first kappa shape index (κ1) is 21.6. The molecule has 0 fully saturated rings. The van der Waals surface area contributed by atoms with Gasteiger partial charge in [0.25, 0.3) is 0 Å². The highest BCUT2D eigenvalue weighted by molar-refractivity contribution is 14.0. The number of ether oxygens (including phenoxy) is 2. The highest BCUT2D eigenvalue weighted by atomic mass is 127. The van der Waals surface area contributed by atoms with Crippen LogP contribution in [0.2, 0.25) is 5.02 Å². The maximum absolute atomic E-state index is 6.28. The summed E-state index contributed by atoms with van der Waals surface area (Å²) in [5.74, 6) is 2.87. The van der Waals surface area contributed by atoms with Crippen LogP contribution < -0.4 is 20.1 Å². The molecule has 148 valence electrons. The van der Waals surface area contributed by atoms with Crippen molar-refractivity contribution in [2.45, 2.75) is 26.8 Å². The second-order valence-corrected chi connectivity index (χ2v) is 6.41. The molecule has 0 unspecified atom stereocenters. The summed E-state index contributed by atoms with van der Waals surface area (Å²) in [6.45, 7) is 6.21. The second-order valence-electron chi connectivity index (χ2n) is 6.01. The number of aryl methyl sites for hydroxylation is 2. The average molecular weight is 507 g/mol. The lowest BCUT2D eigenvalue weighted by Crippen LogP contribution is -2.38. The molecule has 2 heterocycles. The van der Waals surface area contributed by atoms with Crippen molar-refractivity contribution < 1.29 is 14.0 Å². The SMILES string of the molecule is CN=C(NCCc1cc(Cl)c2c(c1)OCCO2)NCc1c(C)noc1C.I. The number of benzene rings is 1. The molecule has 0 spiro atoms. The molecule has 1 aliphatic heterocycles. The van der Waals surface area contributed by atoms with Gasteiger partial charge in [-0.3, -0.25) is 4.99 Å². The Bertz CT molecular complexity index is 791. The first-order valence-electron chi connectivity index (χ1n) is 8.52. The summed E-state index contributed by atoms with van der Waals surface area (Å²) in [6, 6.07) is 3.89. The molecule has 1 aliphatic rings. The number of guanidine groups is 1. The van der Waals surface area contributed by atoms with Crippen molar-refractivity contribution in [2.75, 3.05) is 26.8 Å². The van der Waals surface area contributed by atoms with Gasteiger partial charge in [-0.1, -0.05) is 16.8 Å². The third-order valence-electron chi connectivity index (χ3n) is 4.20. The first-order chi connectivity index (χ1) is 12.6. The van der Waals surface area contributed by atoms with Gasteiger partial charge in [-0.05, 0) is 38.0 Å². The van der Waals surface area contributed by atoms with Gasteiger partial charge in [-0.25, -0.2) is 0 Å². The van der Waals surface area contributed by atoms with E-state index in [0.29, 0.717) is 48.8 Å². The minimum Gasteiger partial charge on any atom is -0.486 e. The standard InChI is InChI=1S/C18H23ClN4O3.HI/c1-11-14(12(2)26-23-11)10-22-18(20-3)21-5-4-13-8-15(19)17-16(9-13)24-6-7-25-17;/h8-9H,4-7,10H2,1-3H3,(H2,20,21,22);1H. The van der Waals surface area contributed by atoms with Gasteiger partial charge in [0.15, 0.2) is 17.5 Å². The van der Waals surface area contributed by atoms with Crippen molar-refractivity contribution in [3.63, 3.8) is 0 Å². The van der Waals surface area contributed by atoms with Crippen molar-refractivity contribution in [1.82, 2.24) is 15.8 Å². The van der Waals surface area contributed by atoms with Crippen molar-refractivity contribution in [2.24, 2.45) is 4.99 Å². The summed E-state index contributed by atoms with van der Waals surface area (Å²) >= 11 is 6.28. The molecule has 9 heteroatoms. The molecule has 0 atom stereocenters. The molecule has 0 saturated heterocycles. The van der Waals surface area contributed by atoms with Gasteiger partial charge in [0, 0.05) is 25.7 Å². The Morgan fingerprint density at radius 3 is 2.70 bits per heavy atom. The van der Waals surface area contributed by atoms with E-state index in [1.165, 1.54) is 0 Å². The Balaban J connectivity index is 0.00000261. The molecule has 0 radical (unpaired) electrons. The average Bonchev–Trinajstić information content (AvgIpc) is 2.96. The zero-order valence-corrected chi connectivity index (χ0v) is 18.7. The molecule has 7 nitrogen and oxygen atoms in total. The fraction of sp³-hybridized carbons (Fsp3) is 0.444. The summed E-state index contributed by atoms with van der Waals surface area (Å²) < 4.78 is 16.3. The number of aromatic nitrogens is 1. The lowest BCUT2D eigenvalue weighted by atomic mass is 10.1. The molecule has 1 aromatic heterocycles. The number of nitrogens with one attached hydrogen (secondary N) is 2. The molecule has 0 saturated carbocycles. The summed E-state index contributed by atoms with van der Waals surface area (Å²) in [6.07, 6.45) is 0.780. The fourth-order valence-electron chi connectivity index (χ4n) is 2.78. The molecular weight excluding hydrogens is 483 g/mol. The number of fused-ring (bicyclic) bond motifs is 1. The normalized spacial score (nSPS) is 13.1. The summed E-state index contributed by atoms with van der Waals surface area (Å²) in [7, 11) is 1.74. The van der Waals surface area contributed by atoms with Crippen LogP contribution >= 0.6 is 35.6 Å². The van der Waals surface area contributed by atoms with E-state index >= 15 is 0 Å². The quantitative estimate of drug-likeness (QED) is 0.368. The van der Waals surface area contributed by atoms with Crippen LogP contribution in [0.25, 0.3) is 0 Å². The monoisotopic (exact) mass is 506 g/mol. The first-order valence-corrected chi connectivity index (χ1v) is 8.90. The predicted octanol–water partition coefficient (Wildman–Crippen LogP) is 3.24. The van der Waals surface area contributed by atoms with Gasteiger partial charge in [0.2, 0.25) is 0 Å². The van der Waals surface area contributed by atoms with Gasteiger partial charge < -0.3 is 24.6 Å². The number of halogens is 2. The van der Waals surface area contributed by atoms with Crippen molar-refractivity contribution in [3.8, 4) is 11.5 Å². The van der Waals surface area contributed by atoms with Crippen LogP contribution in [0, 0.1) is 13.8 Å². The maximum atomic E-state index is 6.28. The van der Waals surface area contributed by atoms with Crippen molar-refractivity contribution in [1.29, 1.82) is 0 Å². The van der Waals surface area contributed by atoms with Crippen LogP contribution in [0.4, 0.5) is 0 Å². The number of rotatable bonds is 5. The molecule has 2 aromatic rings. The lowest BCUT2D eigenvalue weighted by Gasteiger charge is -2.20. The third-order valence-corrected chi connectivity index (χ3v) is 4.48. The van der Waals surface area contributed by atoms with Crippen LogP contribution in [0.1, 0.15) is 22.6 Å². The molecule has 27 heavy (non-hydrogen) atoms. The van der Waals surface area contributed by atoms with Gasteiger partial charge in [0.05, 0.1) is 10.7 Å². The minimum absolute atomic E-state index is 0. The van der Waals surface area contributed by atoms with E-state index in [2.05, 4.69) is 20.8 Å². The molecule has 3 rings (SSSR count). The minimum atomic E-state index is 0. The van der Waals surface area contributed by atoms with Crippen molar-refractivity contribution in [3.05, 3.63) is 39.7 Å².